The summed E-state index contributed by atoms with van der Waals surface area (Å²) in [5.41, 5.74) is 1.24. The summed E-state index contributed by atoms with van der Waals surface area (Å²) < 4.78 is 11.1. The molecule has 0 unspecified atom stereocenters. The van der Waals surface area contributed by atoms with Crippen molar-refractivity contribution in [1.82, 2.24) is 10.6 Å². The minimum absolute atomic E-state index is 0.567. The molecule has 2 N–H and O–H groups in total. The van der Waals surface area contributed by atoms with Crippen molar-refractivity contribution in [2.45, 2.75) is 32.9 Å². The number of nitrogens with one attached hydrogen (secondary N) is 2. The summed E-state index contributed by atoms with van der Waals surface area (Å²) in [5.74, 6) is 1.73. The molecule has 0 spiro atoms. The molecule has 4 heteroatoms. The van der Waals surface area contributed by atoms with Crippen molar-refractivity contribution >= 4 is 0 Å². The van der Waals surface area contributed by atoms with Crippen LogP contribution in [0.3, 0.4) is 0 Å². The number of ether oxygens (including phenoxy) is 2. The summed E-state index contributed by atoms with van der Waals surface area (Å²) in [7, 11) is 0. The quantitative estimate of drug-likeness (QED) is 0.739. The maximum Gasteiger partial charge on any atom is 0.161 e. The Kier molecular flexibility index (Phi) is 5.48. The standard InChI is InChI=1S/C15H24N2O2/c1-12(2)17-7-3-6-16-11-13-4-5-14-15(10-13)19-9-8-18-14/h4-5,10,12,16-17H,3,6-9,11H2,1-2H3. The van der Waals surface area contributed by atoms with E-state index in [-0.39, 0.29) is 0 Å². The molecule has 1 aromatic rings. The van der Waals surface area contributed by atoms with Gasteiger partial charge in [0.25, 0.3) is 0 Å². The summed E-state index contributed by atoms with van der Waals surface area (Å²) in [4.78, 5) is 0. The first kappa shape index (κ1) is 14.2. The average molecular weight is 264 g/mol. The predicted molar refractivity (Wildman–Crippen MR) is 76.9 cm³/mol. The SMILES string of the molecule is CC(C)NCCCNCc1ccc2c(c1)OCCO2. The van der Waals surface area contributed by atoms with Gasteiger partial charge in [-0.25, -0.2) is 0 Å². The third-order valence-electron chi connectivity index (χ3n) is 3.02. The minimum Gasteiger partial charge on any atom is -0.486 e. The summed E-state index contributed by atoms with van der Waals surface area (Å²) in [6, 6.07) is 6.71. The maximum atomic E-state index is 5.57. The molecule has 0 saturated heterocycles. The van der Waals surface area contributed by atoms with Crippen molar-refractivity contribution in [1.29, 1.82) is 0 Å². The van der Waals surface area contributed by atoms with Gasteiger partial charge in [-0.15, -0.1) is 0 Å². The van der Waals surface area contributed by atoms with Crippen LogP contribution in [0, 0.1) is 0 Å². The lowest BCUT2D eigenvalue weighted by molar-refractivity contribution is 0.171. The molecule has 106 valence electrons. The molecular formula is C15H24N2O2. The molecule has 0 amide bonds. The fraction of sp³-hybridized carbons (Fsp3) is 0.600. The Morgan fingerprint density at radius 3 is 2.68 bits per heavy atom. The van der Waals surface area contributed by atoms with E-state index in [0.717, 1.165) is 37.6 Å². The normalized spacial score (nSPS) is 13.8. The molecule has 0 aromatic heterocycles. The summed E-state index contributed by atoms with van der Waals surface area (Å²) in [5, 5.41) is 6.85. The van der Waals surface area contributed by atoms with Gasteiger partial charge in [0.15, 0.2) is 11.5 Å². The van der Waals surface area contributed by atoms with E-state index in [2.05, 4.69) is 36.6 Å². The van der Waals surface area contributed by atoms with Crippen LogP contribution in [0.2, 0.25) is 0 Å². The second-order valence-electron chi connectivity index (χ2n) is 5.12. The third kappa shape index (κ3) is 4.73. The molecule has 0 atom stereocenters. The van der Waals surface area contributed by atoms with Gasteiger partial charge in [0, 0.05) is 12.6 Å². The summed E-state index contributed by atoms with van der Waals surface area (Å²) >= 11 is 0. The van der Waals surface area contributed by atoms with Crippen LogP contribution in [0.5, 0.6) is 11.5 Å². The zero-order valence-electron chi connectivity index (χ0n) is 11.9. The van der Waals surface area contributed by atoms with E-state index in [1.807, 2.05) is 6.07 Å². The molecule has 0 radical (unpaired) electrons. The second kappa shape index (κ2) is 7.36. The predicted octanol–water partition coefficient (Wildman–Crippen LogP) is 1.94. The van der Waals surface area contributed by atoms with E-state index in [4.69, 9.17) is 9.47 Å². The highest BCUT2D eigenvalue weighted by Crippen LogP contribution is 2.30. The number of benzene rings is 1. The van der Waals surface area contributed by atoms with Crippen LogP contribution in [0.1, 0.15) is 25.8 Å². The van der Waals surface area contributed by atoms with E-state index in [1.54, 1.807) is 0 Å². The summed E-state index contributed by atoms with van der Waals surface area (Å²) in [6.45, 7) is 8.59. The van der Waals surface area contributed by atoms with Crippen LogP contribution in [0.25, 0.3) is 0 Å². The topological polar surface area (TPSA) is 42.5 Å². The van der Waals surface area contributed by atoms with Crippen LogP contribution in [0.15, 0.2) is 18.2 Å². The van der Waals surface area contributed by atoms with Gasteiger partial charge in [0.2, 0.25) is 0 Å². The van der Waals surface area contributed by atoms with Gasteiger partial charge in [0.05, 0.1) is 0 Å². The maximum absolute atomic E-state index is 5.57. The zero-order chi connectivity index (χ0) is 13.5. The number of hydrogen-bond acceptors (Lipinski definition) is 4. The fourth-order valence-electron chi connectivity index (χ4n) is 2.03. The Labute approximate surface area is 115 Å². The lowest BCUT2D eigenvalue weighted by Crippen LogP contribution is -2.26. The summed E-state index contributed by atoms with van der Waals surface area (Å²) in [6.07, 6.45) is 1.14. The highest BCUT2D eigenvalue weighted by molar-refractivity contribution is 5.43. The van der Waals surface area contributed by atoms with Gasteiger partial charge >= 0.3 is 0 Å². The first-order valence-corrected chi connectivity index (χ1v) is 7.08. The number of rotatable bonds is 7. The first-order chi connectivity index (χ1) is 9.25. The molecule has 0 aliphatic carbocycles. The molecule has 1 aliphatic rings. The molecule has 0 fully saturated rings. The van der Waals surface area contributed by atoms with E-state index >= 15 is 0 Å². The van der Waals surface area contributed by atoms with E-state index in [1.165, 1.54) is 5.56 Å². The van der Waals surface area contributed by atoms with Crippen LogP contribution in [-0.2, 0) is 6.54 Å². The molecule has 19 heavy (non-hydrogen) atoms. The highest BCUT2D eigenvalue weighted by Gasteiger charge is 2.11. The van der Waals surface area contributed by atoms with Gasteiger partial charge in [-0.2, -0.15) is 0 Å². The van der Waals surface area contributed by atoms with Crippen molar-refractivity contribution in [2.24, 2.45) is 0 Å². The van der Waals surface area contributed by atoms with Crippen molar-refractivity contribution in [3.8, 4) is 11.5 Å². The highest BCUT2D eigenvalue weighted by atomic mass is 16.6. The lowest BCUT2D eigenvalue weighted by atomic mass is 10.2. The van der Waals surface area contributed by atoms with Gasteiger partial charge in [-0.05, 0) is 37.2 Å². The lowest BCUT2D eigenvalue weighted by Gasteiger charge is -2.19. The van der Waals surface area contributed by atoms with Crippen LogP contribution in [0.4, 0.5) is 0 Å². The van der Waals surface area contributed by atoms with Gasteiger partial charge in [-0.1, -0.05) is 19.9 Å². The third-order valence-corrected chi connectivity index (χ3v) is 3.02. The van der Waals surface area contributed by atoms with Gasteiger partial charge in [0.1, 0.15) is 13.2 Å². The molecule has 0 bridgehead atoms. The minimum atomic E-state index is 0.567. The Bertz CT molecular complexity index is 394. The van der Waals surface area contributed by atoms with Crippen molar-refractivity contribution in [2.75, 3.05) is 26.3 Å². The first-order valence-electron chi connectivity index (χ1n) is 7.08. The molecule has 1 aliphatic heterocycles. The molecule has 2 rings (SSSR count). The van der Waals surface area contributed by atoms with Crippen LogP contribution < -0.4 is 20.1 Å². The van der Waals surface area contributed by atoms with Crippen molar-refractivity contribution < 1.29 is 9.47 Å². The molecule has 1 heterocycles. The van der Waals surface area contributed by atoms with E-state index < -0.39 is 0 Å². The van der Waals surface area contributed by atoms with Crippen LogP contribution >= 0.6 is 0 Å². The second-order valence-corrected chi connectivity index (χ2v) is 5.12. The van der Waals surface area contributed by atoms with Crippen molar-refractivity contribution in [3.63, 3.8) is 0 Å². The Hall–Kier alpha value is -1.26. The Balaban J connectivity index is 1.68. The zero-order valence-corrected chi connectivity index (χ0v) is 11.9. The largest absolute Gasteiger partial charge is 0.486 e. The van der Waals surface area contributed by atoms with Gasteiger partial charge in [-0.3, -0.25) is 0 Å². The fourth-order valence-corrected chi connectivity index (χ4v) is 2.03. The smallest absolute Gasteiger partial charge is 0.161 e. The molecule has 0 saturated carbocycles. The van der Waals surface area contributed by atoms with Crippen LogP contribution in [-0.4, -0.2) is 32.3 Å². The Morgan fingerprint density at radius 2 is 1.89 bits per heavy atom. The van der Waals surface area contributed by atoms with E-state index in [9.17, 15) is 0 Å². The monoisotopic (exact) mass is 264 g/mol. The number of fused-ring (bicyclic) bond motifs is 1. The molecule has 4 nitrogen and oxygen atoms in total. The Morgan fingerprint density at radius 1 is 1.11 bits per heavy atom. The number of hydrogen-bond donors (Lipinski definition) is 2. The van der Waals surface area contributed by atoms with E-state index in [0.29, 0.717) is 19.3 Å². The van der Waals surface area contributed by atoms with Crippen molar-refractivity contribution in [3.05, 3.63) is 23.8 Å². The van der Waals surface area contributed by atoms with Gasteiger partial charge < -0.3 is 20.1 Å². The average Bonchev–Trinajstić information content (AvgIpc) is 2.42. The molecular weight excluding hydrogens is 240 g/mol. The molecule has 1 aromatic carbocycles.